The molecule has 6 heteroatoms. The summed E-state index contributed by atoms with van der Waals surface area (Å²) in [5.41, 5.74) is 1.55. The first kappa shape index (κ1) is 24.5. The van der Waals surface area contributed by atoms with Crippen LogP contribution in [0.1, 0.15) is 79.6 Å². The van der Waals surface area contributed by atoms with E-state index < -0.39 is 0 Å². The molecule has 0 unspecified atom stereocenters. The molecule has 0 N–H and O–H groups in total. The van der Waals surface area contributed by atoms with Crippen molar-refractivity contribution in [2.45, 2.75) is 104 Å². The van der Waals surface area contributed by atoms with Gasteiger partial charge < -0.3 is 19.0 Å². The molecule has 0 spiro atoms. The first-order chi connectivity index (χ1) is 13.3. The highest BCUT2D eigenvalue weighted by molar-refractivity contribution is 5.92. The van der Waals surface area contributed by atoms with E-state index in [9.17, 15) is 14.4 Å². The Balaban J connectivity index is 0.000000330. The third-order valence-electron chi connectivity index (χ3n) is 4.97. The summed E-state index contributed by atoms with van der Waals surface area (Å²) in [5.74, 6) is -0.00541. The van der Waals surface area contributed by atoms with E-state index >= 15 is 0 Å². The molecule has 0 amide bonds. The van der Waals surface area contributed by atoms with E-state index in [0.717, 1.165) is 31.1 Å². The van der Waals surface area contributed by atoms with Gasteiger partial charge in [0.1, 0.15) is 12.1 Å². The lowest BCUT2D eigenvalue weighted by atomic mass is 9.91. The minimum atomic E-state index is -0.358. The fourth-order valence-electron chi connectivity index (χ4n) is 3.61. The summed E-state index contributed by atoms with van der Waals surface area (Å²) in [6.45, 7) is 10.2. The molecule has 0 radical (unpaired) electrons. The summed E-state index contributed by atoms with van der Waals surface area (Å²) < 4.78 is 16.3. The smallest absolute Gasteiger partial charge is 0.334 e. The van der Waals surface area contributed by atoms with Crippen molar-refractivity contribution < 1.29 is 28.6 Å². The van der Waals surface area contributed by atoms with Crippen LogP contribution in [-0.4, -0.2) is 49.1 Å². The van der Waals surface area contributed by atoms with E-state index in [4.69, 9.17) is 14.2 Å². The maximum atomic E-state index is 11.9. The van der Waals surface area contributed by atoms with Gasteiger partial charge in [0, 0.05) is 24.8 Å². The lowest BCUT2D eigenvalue weighted by Crippen LogP contribution is -2.30. The minimum absolute atomic E-state index is 0.0924. The summed E-state index contributed by atoms with van der Waals surface area (Å²) in [7, 11) is 0. The zero-order valence-electron chi connectivity index (χ0n) is 18.0. The van der Waals surface area contributed by atoms with Crippen LogP contribution in [0, 0.1) is 0 Å². The highest BCUT2D eigenvalue weighted by Gasteiger charge is 2.26. The number of rotatable bonds is 6. The molecule has 0 aromatic heterocycles. The number of carbonyl (C=O) groups excluding carboxylic acids is 3. The van der Waals surface area contributed by atoms with Crippen LogP contribution in [0.3, 0.4) is 0 Å². The molecule has 28 heavy (non-hydrogen) atoms. The Morgan fingerprint density at radius 2 is 1.57 bits per heavy atom. The van der Waals surface area contributed by atoms with E-state index in [-0.39, 0.29) is 36.8 Å². The summed E-state index contributed by atoms with van der Waals surface area (Å²) >= 11 is 0. The van der Waals surface area contributed by atoms with Crippen molar-refractivity contribution >= 4 is 18.0 Å². The average molecular weight is 397 g/mol. The van der Waals surface area contributed by atoms with Crippen molar-refractivity contribution in [3.8, 4) is 0 Å². The van der Waals surface area contributed by atoms with Gasteiger partial charge in [-0.15, -0.1) is 0 Å². The predicted octanol–water partition coefficient (Wildman–Crippen LogP) is 3.95. The summed E-state index contributed by atoms with van der Waals surface area (Å²) in [4.78, 5) is 33.5. The maximum Gasteiger partial charge on any atom is 0.334 e. The second kappa shape index (κ2) is 12.8. The predicted molar refractivity (Wildman–Crippen MR) is 107 cm³/mol. The second-order valence-electron chi connectivity index (χ2n) is 7.48. The topological polar surface area (TPSA) is 78.9 Å². The molecule has 0 bridgehead atoms. The van der Waals surface area contributed by atoms with Gasteiger partial charge in [-0.05, 0) is 46.5 Å². The third-order valence-corrected chi connectivity index (χ3v) is 4.97. The van der Waals surface area contributed by atoms with Crippen molar-refractivity contribution in [3.05, 3.63) is 11.1 Å². The molecule has 6 nitrogen and oxygen atoms in total. The van der Waals surface area contributed by atoms with Gasteiger partial charge >= 0.3 is 5.97 Å². The zero-order chi connectivity index (χ0) is 21.1. The number of hydrogen-bond acceptors (Lipinski definition) is 6. The number of ketones is 1. The van der Waals surface area contributed by atoms with Crippen LogP contribution in [-0.2, 0) is 28.6 Å². The van der Waals surface area contributed by atoms with E-state index in [0.29, 0.717) is 37.2 Å². The third kappa shape index (κ3) is 8.23. The van der Waals surface area contributed by atoms with Gasteiger partial charge in [0.25, 0.3) is 0 Å². The highest BCUT2D eigenvalue weighted by Crippen LogP contribution is 2.29. The van der Waals surface area contributed by atoms with Gasteiger partial charge in [-0.2, -0.15) is 0 Å². The fraction of sp³-hybridized carbons (Fsp3) is 0.773. The van der Waals surface area contributed by atoms with Crippen molar-refractivity contribution in [2.24, 2.45) is 0 Å². The van der Waals surface area contributed by atoms with Gasteiger partial charge in [-0.1, -0.05) is 19.4 Å². The Morgan fingerprint density at radius 3 is 2.07 bits per heavy atom. The van der Waals surface area contributed by atoms with E-state index in [1.165, 1.54) is 0 Å². The van der Waals surface area contributed by atoms with Crippen LogP contribution < -0.4 is 0 Å². The standard InChI is InChI=1S/C14H22O4.C8H14O2/c1-4-12-9-11(8-10(3)18-12)13(6-7-15)14(16)17-5-2;1-3-8-5-7(9)4-6(2)10-8/h7,10,12H,4-6,8-9H2,1-3H3;6,8H,3-5H2,1-2H3/b13-11-;/t10-,12-;6-,8-/m11/s1. The molecule has 0 aliphatic carbocycles. The van der Waals surface area contributed by atoms with Crippen LogP contribution in [0.4, 0.5) is 0 Å². The Kier molecular flexibility index (Phi) is 11.2. The summed E-state index contributed by atoms with van der Waals surface area (Å²) in [5, 5.41) is 0. The van der Waals surface area contributed by atoms with Gasteiger partial charge in [0.2, 0.25) is 0 Å². The maximum absolute atomic E-state index is 11.9. The molecule has 2 rings (SSSR count). The first-order valence-corrected chi connectivity index (χ1v) is 10.5. The van der Waals surface area contributed by atoms with Crippen molar-refractivity contribution in [1.82, 2.24) is 0 Å². The molecule has 0 aromatic rings. The Morgan fingerprint density at radius 1 is 1.00 bits per heavy atom. The molecule has 0 saturated carbocycles. The van der Waals surface area contributed by atoms with Crippen LogP contribution in [0.2, 0.25) is 0 Å². The van der Waals surface area contributed by atoms with Gasteiger partial charge in [0.05, 0.1) is 31.0 Å². The molecule has 2 saturated heterocycles. The minimum Gasteiger partial charge on any atom is -0.463 e. The van der Waals surface area contributed by atoms with E-state index in [1.807, 2.05) is 13.8 Å². The summed E-state index contributed by atoms with van der Waals surface area (Å²) in [6.07, 6.45) is 5.99. The van der Waals surface area contributed by atoms with Gasteiger partial charge in [-0.25, -0.2) is 4.79 Å². The zero-order valence-corrected chi connectivity index (χ0v) is 18.0. The highest BCUT2D eigenvalue weighted by atomic mass is 16.5. The molecular formula is C22H36O6. The van der Waals surface area contributed by atoms with Gasteiger partial charge in [0.15, 0.2) is 0 Å². The van der Waals surface area contributed by atoms with Crippen LogP contribution in [0.5, 0.6) is 0 Å². The fourth-order valence-corrected chi connectivity index (χ4v) is 3.61. The molecule has 0 aromatic carbocycles. The van der Waals surface area contributed by atoms with E-state index in [1.54, 1.807) is 6.92 Å². The number of esters is 1. The Labute approximate surface area is 169 Å². The molecule has 4 atom stereocenters. The molecule has 2 heterocycles. The van der Waals surface area contributed by atoms with E-state index in [2.05, 4.69) is 13.8 Å². The average Bonchev–Trinajstić information content (AvgIpc) is 2.65. The molecular weight excluding hydrogens is 360 g/mol. The first-order valence-electron chi connectivity index (χ1n) is 10.5. The van der Waals surface area contributed by atoms with Crippen LogP contribution in [0.25, 0.3) is 0 Å². The number of carbonyl (C=O) groups is 3. The van der Waals surface area contributed by atoms with Crippen molar-refractivity contribution in [1.29, 1.82) is 0 Å². The normalized spacial score (nSPS) is 29.4. The second-order valence-corrected chi connectivity index (χ2v) is 7.48. The van der Waals surface area contributed by atoms with Crippen molar-refractivity contribution in [2.75, 3.05) is 6.61 Å². The largest absolute Gasteiger partial charge is 0.463 e. The van der Waals surface area contributed by atoms with Crippen LogP contribution in [0.15, 0.2) is 11.1 Å². The van der Waals surface area contributed by atoms with Crippen LogP contribution >= 0.6 is 0 Å². The van der Waals surface area contributed by atoms with Crippen molar-refractivity contribution in [3.63, 3.8) is 0 Å². The summed E-state index contributed by atoms with van der Waals surface area (Å²) in [6, 6.07) is 0. The number of aldehydes is 1. The lowest BCUT2D eigenvalue weighted by molar-refractivity contribution is -0.139. The SMILES string of the molecule is CCOC(=O)/C(CC=O)=C1\C[C@@H](CC)O[C@H](C)C1.CC[C@@H]1CC(=O)C[C@@H](C)O1. The monoisotopic (exact) mass is 396 g/mol. The quantitative estimate of drug-likeness (QED) is 0.384. The molecule has 160 valence electrons. The Hall–Kier alpha value is -1.53. The number of hydrogen-bond donors (Lipinski definition) is 0. The molecule has 2 fully saturated rings. The number of Topliss-reactive ketones (excluding diaryl/α,β-unsaturated/α-hetero) is 1. The Bertz CT molecular complexity index is 553. The lowest BCUT2D eigenvalue weighted by Gasteiger charge is -2.30. The molecule has 2 aliphatic rings. The molecule has 2 aliphatic heterocycles. The van der Waals surface area contributed by atoms with Gasteiger partial charge in [-0.3, -0.25) is 4.79 Å². The number of ether oxygens (including phenoxy) is 3.